The molecule has 20 heavy (non-hydrogen) atoms. The van der Waals surface area contributed by atoms with E-state index in [-0.39, 0.29) is 5.69 Å². The van der Waals surface area contributed by atoms with Gasteiger partial charge in [-0.15, -0.1) is 0 Å². The Morgan fingerprint density at radius 1 is 1.30 bits per heavy atom. The lowest BCUT2D eigenvalue weighted by atomic mass is 10.2. The van der Waals surface area contributed by atoms with Gasteiger partial charge in [0.15, 0.2) is 0 Å². The number of rotatable bonds is 5. The zero-order valence-corrected chi connectivity index (χ0v) is 11.3. The molecule has 6 heteroatoms. The van der Waals surface area contributed by atoms with Crippen molar-refractivity contribution in [3.63, 3.8) is 0 Å². The standard InChI is InChI=1S/C14H15N3O3/c1-16(10-11-6-3-4-8-13(11)20-2)14-12(17(18)19)7-5-9-15-14/h3-9H,10H2,1-2H3. The van der Waals surface area contributed by atoms with Crippen molar-refractivity contribution in [3.05, 3.63) is 58.3 Å². The first-order valence-electron chi connectivity index (χ1n) is 6.06. The Balaban J connectivity index is 2.29. The molecule has 104 valence electrons. The minimum atomic E-state index is -0.430. The largest absolute Gasteiger partial charge is 0.496 e. The van der Waals surface area contributed by atoms with E-state index in [1.54, 1.807) is 31.3 Å². The minimum absolute atomic E-state index is 0.00935. The highest BCUT2D eigenvalue weighted by atomic mass is 16.6. The van der Waals surface area contributed by atoms with E-state index in [1.807, 2.05) is 24.3 Å². The predicted molar refractivity (Wildman–Crippen MR) is 76.0 cm³/mol. The van der Waals surface area contributed by atoms with E-state index in [0.717, 1.165) is 11.3 Å². The van der Waals surface area contributed by atoms with Gasteiger partial charge in [0.2, 0.25) is 5.82 Å². The predicted octanol–water partition coefficient (Wildman–Crippen LogP) is 2.63. The first kappa shape index (κ1) is 13.8. The highest BCUT2D eigenvalue weighted by Crippen LogP contribution is 2.27. The highest BCUT2D eigenvalue weighted by Gasteiger charge is 2.18. The molecule has 1 aromatic carbocycles. The van der Waals surface area contributed by atoms with Gasteiger partial charge in [0.1, 0.15) is 5.75 Å². The first-order valence-corrected chi connectivity index (χ1v) is 6.06. The fraction of sp³-hybridized carbons (Fsp3) is 0.214. The number of nitro groups is 1. The highest BCUT2D eigenvalue weighted by molar-refractivity contribution is 5.57. The van der Waals surface area contributed by atoms with E-state index in [0.29, 0.717) is 12.4 Å². The summed E-state index contributed by atoms with van der Waals surface area (Å²) in [5, 5.41) is 11.0. The van der Waals surface area contributed by atoms with Crippen LogP contribution in [0.2, 0.25) is 0 Å². The SMILES string of the molecule is COc1ccccc1CN(C)c1ncccc1[N+](=O)[O-]. The second-order valence-corrected chi connectivity index (χ2v) is 4.27. The molecule has 0 aliphatic carbocycles. The maximum atomic E-state index is 11.0. The smallest absolute Gasteiger partial charge is 0.311 e. The van der Waals surface area contributed by atoms with Crippen LogP contribution < -0.4 is 9.64 Å². The Morgan fingerprint density at radius 2 is 2.05 bits per heavy atom. The monoisotopic (exact) mass is 273 g/mol. The van der Waals surface area contributed by atoms with Crippen LogP contribution in [0.5, 0.6) is 5.75 Å². The number of aromatic nitrogens is 1. The lowest BCUT2D eigenvalue weighted by Gasteiger charge is -2.19. The number of hydrogen-bond acceptors (Lipinski definition) is 5. The van der Waals surface area contributed by atoms with Gasteiger partial charge < -0.3 is 9.64 Å². The molecule has 0 atom stereocenters. The van der Waals surface area contributed by atoms with Crippen molar-refractivity contribution < 1.29 is 9.66 Å². The van der Waals surface area contributed by atoms with Gasteiger partial charge in [-0.3, -0.25) is 10.1 Å². The van der Waals surface area contributed by atoms with Gasteiger partial charge in [0, 0.05) is 31.4 Å². The number of benzene rings is 1. The van der Waals surface area contributed by atoms with E-state index in [4.69, 9.17) is 4.74 Å². The number of para-hydroxylation sites is 1. The third kappa shape index (κ3) is 2.85. The first-order chi connectivity index (χ1) is 9.63. The molecule has 6 nitrogen and oxygen atoms in total. The summed E-state index contributed by atoms with van der Waals surface area (Å²) in [6.07, 6.45) is 1.54. The molecule has 0 bridgehead atoms. The number of hydrogen-bond donors (Lipinski definition) is 0. The van der Waals surface area contributed by atoms with Gasteiger partial charge in [0.05, 0.1) is 12.0 Å². The molecular formula is C14H15N3O3. The number of ether oxygens (including phenoxy) is 1. The molecule has 0 saturated heterocycles. The number of nitrogens with zero attached hydrogens (tertiary/aromatic N) is 3. The molecule has 0 aliphatic rings. The second kappa shape index (κ2) is 6.01. The zero-order valence-electron chi connectivity index (χ0n) is 11.3. The molecule has 0 N–H and O–H groups in total. The van der Waals surface area contributed by atoms with Crippen molar-refractivity contribution in [1.29, 1.82) is 0 Å². The van der Waals surface area contributed by atoms with Gasteiger partial charge in [-0.25, -0.2) is 4.98 Å². The molecule has 1 heterocycles. The normalized spacial score (nSPS) is 10.1. The van der Waals surface area contributed by atoms with E-state index >= 15 is 0 Å². The van der Waals surface area contributed by atoms with Crippen molar-refractivity contribution in [2.75, 3.05) is 19.1 Å². The van der Waals surface area contributed by atoms with Gasteiger partial charge in [-0.2, -0.15) is 0 Å². The molecule has 0 saturated carbocycles. The minimum Gasteiger partial charge on any atom is -0.496 e. The Bertz CT molecular complexity index is 616. The fourth-order valence-corrected chi connectivity index (χ4v) is 1.99. The molecule has 0 amide bonds. The molecular weight excluding hydrogens is 258 g/mol. The van der Waals surface area contributed by atoms with Gasteiger partial charge in [0.25, 0.3) is 0 Å². The molecule has 0 spiro atoms. The lowest BCUT2D eigenvalue weighted by Crippen LogP contribution is -2.19. The van der Waals surface area contributed by atoms with Crippen molar-refractivity contribution >= 4 is 11.5 Å². The molecule has 2 rings (SSSR count). The number of anilines is 1. The fourth-order valence-electron chi connectivity index (χ4n) is 1.99. The number of pyridine rings is 1. The van der Waals surface area contributed by atoms with Crippen LogP contribution >= 0.6 is 0 Å². The second-order valence-electron chi connectivity index (χ2n) is 4.27. The zero-order chi connectivity index (χ0) is 14.5. The summed E-state index contributed by atoms with van der Waals surface area (Å²) in [7, 11) is 3.36. The topological polar surface area (TPSA) is 68.5 Å². The summed E-state index contributed by atoms with van der Waals surface area (Å²) in [5.74, 6) is 1.08. The summed E-state index contributed by atoms with van der Waals surface area (Å²) >= 11 is 0. The van der Waals surface area contributed by atoms with Crippen LogP contribution in [0.3, 0.4) is 0 Å². The van der Waals surface area contributed by atoms with Gasteiger partial charge in [-0.1, -0.05) is 18.2 Å². The maximum Gasteiger partial charge on any atom is 0.311 e. The Labute approximate surface area is 116 Å². The third-order valence-corrected chi connectivity index (χ3v) is 2.92. The maximum absolute atomic E-state index is 11.0. The van der Waals surface area contributed by atoms with E-state index in [1.165, 1.54) is 6.07 Å². The van der Waals surface area contributed by atoms with Crippen LogP contribution in [-0.2, 0) is 6.54 Å². The van der Waals surface area contributed by atoms with Gasteiger partial charge in [-0.05, 0) is 12.1 Å². The quantitative estimate of drug-likeness (QED) is 0.618. The summed E-state index contributed by atoms with van der Waals surface area (Å²) < 4.78 is 5.28. The van der Waals surface area contributed by atoms with Crippen LogP contribution in [0.15, 0.2) is 42.6 Å². The Kier molecular flexibility index (Phi) is 4.14. The van der Waals surface area contributed by atoms with Crippen molar-refractivity contribution in [2.45, 2.75) is 6.54 Å². The lowest BCUT2D eigenvalue weighted by molar-refractivity contribution is -0.384. The molecule has 0 aliphatic heterocycles. The van der Waals surface area contributed by atoms with Crippen LogP contribution in [0, 0.1) is 10.1 Å². The van der Waals surface area contributed by atoms with E-state index in [2.05, 4.69) is 4.98 Å². The van der Waals surface area contributed by atoms with E-state index < -0.39 is 4.92 Å². The summed E-state index contributed by atoms with van der Waals surface area (Å²) in [6.45, 7) is 0.474. The van der Waals surface area contributed by atoms with Crippen LogP contribution in [0.4, 0.5) is 11.5 Å². The average Bonchev–Trinajstić information content (AvgIpc) is 2.47. The Morgan fingerprint density at radius 3 is 2.75 bits per heavy atom. The van der Waals surface area contributed by atoms with Gasteiger partial charge >= 0.3 is 5.69 Å². The van der Waals surface area contributed by atoms with Crippen LogP contribution in [0.25, 0.3) is 0 Å². The van der Waals surface area contributed by atoms with E-state index in [9.17, 15) is 10.1 Å². The Hall–Kier alpha value is -2.63. The third-order valence-electron chi connectivity index (χ3n) is 2.92. The number of methoxy groups -OCH3 is 1. The summed E-state index contributed by atoms with van der Waals surface area (Å²) in [6, 6.07) is 10.6. The average molecular weight is 273 g/mol. The molecule has 0 unspecified atom stereocenters. The van der Waals surface area contributed by atoms with Crippen molar-refractivity contribution in [3.8, 4) is 5.75 Å². The van der Waals surface area contributed by atoms with Crippen molar-refractivity contribution in [2.24, 2.45) is 0 Å². The molecule has 0 radical (unpaired) electrons. The molecule has 0 fully saturated rings. The molecule has 1 aromatic heterocycles. The van der Waals surface area contributed by atoms with Crippen LogP contribution in [0.1, 0.15) is 5.56 Å². The van der Waals surface area contributed by atoms with Crippen LogP contribution in [-0.4, -0.2) is 24.1 Å². The summed E-state index contributed by atoms with van der Waals surface area (Å²) in [4.78, 5) is 16.4. The molecule has 2 aromatic rings. The van der Waals surface area contributed by atoms with Crippen molar-refractivity contribution in [1.82, 2.24) is 4.98 Å². The summed E-state index contributed by atoms with van der Waals surface area (Å²) in [5.41, 5.74) is 0.933.